The Labute approximate surface area is 214 Å². The third kappa shape index (κ3) is 5.47. The summed E-state index contributed by atoms with van der Waals surface area (Å²) in [5, 5.41) is 15.4. The molecule has 2 aromatic rings. The average molecular weight is 596 g/mol. The summed E-state index contributed by atoms with van der Waals surface area (Å²) in [6.45, 7) is 1.46. The Balaban J connectivity index is 1.35. The van der Waals surface area contributed by atoms with Crippen molar-refractivity contribution in [1.29, 1.82) is 0 Å². The van der Waals surface area contributed by atoms with Gasteiger partial charge in [-0.25, -0.2) is 14.4 Å². The number of halogens is 2. The van der Waals surface area contributed by atoms with Gasteiger partial charge in [0, 0.05) is 37.8 Å². The van der Waals surface area contributed by atoms with Crippen molar-refractivity contribution in [3.05, 3.63) is 58.1 Å². The number of benzene rings is 2. The number of phenolic OH excluding ortho intramolecular Hbond substituents is 1. The highest BCUT2D eigenvalue weighted by atomic mass is 79.9. The Kier molecular flexibility index (Phi) is 7.62. The molecule has 2 heterocycles. The van der Waals surface area contributed by atoms with Crippen molar-refractivity contribution in [2.75, 3.05) is 18.4 Å². The number of nitrogens with one attached hydrogen (secondary N) is 2. The van der Waals surface area contributed by atoms with Crippen LogP contribution >= 0.6 is 32.2 Å². The Morgan fingerprint density at radius 1 is 1.21 bits per heavy atom. The summed E-state index contributed by atoms with van der Waals surface area (Å²) in [5.74, 6) is -0.544. The van der Waals surface area contributed by atoms with Gasteiger partial charge in [0.2, 0.25) is 0 Å². The Morgan fingerprint density at radius 2 is 1.94 bits per heavy atom. The van der Waals surface area contributed by atoms with Crippen molar-refractivity contribution in [2.45, 2.75) is 37.9 Å². The number of aromatic hydroxyl groups is 1. The number of carbonyl (C=O) groups is 3. The predicted molar refractivity (Wildman–Crippen MR) is 132 cm³/mol. The van der Waals surface area contributed by atoms with Gasteiger partial charge in [0.25, 0.3) is 0 Å². The monoisotopic (exact) mass is 594 g/mol. The van der Waals surface area contributed by atoms with E-state index in [2.05, 4.69) is 42.8 Å². The third-order valence-corrected chi connectivity index (χ3v) is 7.12. The van der Waals surface area contributed by atoms with Crippen LogP contribution < -0.4 is 10.6 Å². The van der Waals surface area contributed by atoms with Crippen LogP contribution in [0.25, 0.3) is 0 Å². The van der Waals surface area contributed by atoms with E-state index in [1.54, 1.807) is 17.0 Å². The lowest BCUT2D eigenvalue weighted by Crippen LogP contribution is -2.54. The first-order valence-corrected chi connectivity index (χ1v) is 12.3. The maximum atomic E-state index is 12.9. The molecule has 3 N–H and O–H groups in total. The van der Waals surface area contributed by atoms with Crippen LogP contribution in [0.3, 0.4) is 0 Å². The van der Waals surface area contributed by atoms with Crippen LogP contribution in [0.5, 0.6) is 5.75 Å². The van der Waals surface area contributed by atoms with Crippen molar-refractivity contribution >= 4 is 55.9 Å². The smallest absolute Gasteiger partial charge is 0.340 e. The molecular formula is C23H24Br2N4O5. The van der Waals surface area contributed by atoms with Crippen molar-refractivity contribution in [3.63, 3.8) is 0 Å². The quantitative estimate of drug-likeness (QED) is 0.481. The van der Waals surface area contributed by atoms with Gasteiger partial charge < -0.3 is 29.4 Å². The molecule has 0 spiro atoms. The van der Waals surface area contributed by atoms with Crippen LogP contribution in [0, 0.1) is 0 Å². The highest BCUT2D eigenvalue weighted by Gasteiger charge is 2.33. The molecule has 1 fully saturated rings. The normalized spacial score (nSPS) is 16.9. The van der Waals surface area contributed by atoms with Crippen molar-refractivity contribution < 1.29 is 23.3 Å². The number of piperidine rings is 1. The molecule has 4 amide bonds. The van der Waals surface area contributed by atoms with Gasteiger partial charge in [-0.15, -0.1) is 0 Å². The van der Waals surface area contributed by atoms with Gasteiger partial charge in [0.05, 0.1) is 4.47 Å². The van der Waals surface area contributed by atoms with Crippen LogP contribution in [0.2, 0.25) is 0 Å². The molecule has 1 atom stereocenters. The minimum absolute atomic E-state index is 0.0232. The molecule has 1 unspecified atom stereocenters. The predicted octanol–water partition coefficient (Wildman–Crippen LogP) is 4.14. The van der Waals surface area contributed by atoms with E-state index >= 15 is 0 Å². The van der Waals surface area contributed by atoms with Gasteiger partial charge in [-0.3, -0.25) is 0 Å². The van der Waals surface area contributed by atoms with Crippen LogP contribution in [0.15, 0.2) is 46.9 Å². The standard InChI is InChI=1S/C23H24Br2N4O5/c24-17-11-14(5-6-20(17)30)12-19(21(31)34-25)27-22(32)28-9-7-16(8-10-28)29-13-15-3-1-2-4-18(15)26-23(29)33/h1-6,11,16,19,30H,7-10,12-13H2,(H,26,33)(H,27,32). The molecule has 0 bridgehead atoms. The fraction of sp³-hybridized carbons (Fsp3) is 0.348. The Bertz CT molecular complexity index is 1090. The fourth-order valence-corrected chi connectivity index (χ4v) is 4.95. The number of amides is 4. The van der Waals surface area contributed by atoms with E-state index in [0.29, 0.717) is 36.9 Å². The SMILES string of the molecule is O=C(OBr)C(Cc1ccc(O)c(Br)c1)NC(=O)N1CCC(N2Cc3ccccc3NC2=O)CC1. The molecule has 0 saturated carbocycles. The molecule has 2 aliphatic rings. The molecule has 0 radical (unpaired) electrons. The van der Waals surface area contributed by atoms with Gasteiger partial charge in [-0.2, -0.15) is 0 Å². The number of likely N-dealkylation sites (tertiary alicyclic amines) is 1. The number of hydrogen-bond acceptors (Lipinski definition) is 5. The van der Waals surface area contributed by atoms with E-state index in [4.69, 9.17) is 3.83 Å². The third-order valence-electron chi connectivity index (χ3n) is 6.16. The lowest BCUT2D eigenvalue weighted by Gasteiger charge is -2.40. The van der Waals surface area contributed by atoms with E-state index < -0.39 is 12.0 Å². The summed E-state index contributed by atoms with van der Waals surface area (Å²) in [7, 11) is 0. The minimum Gasteiger partial charge on any atom is -0.507 e. The maximum absolute atomic E-state index is 12.9. The zero-order valence-corrected chi connectivity index (χ0v) is 21.3. The molecule has 0 aromatic heterocycles. The lowest BCUT2D eigenvalue weighted by molar-refractivity contribution is -0.134. The molecule has 4 rings (SSSR count). The first-order chi connectivity index (χ1) is 16.4. The first kappa shape index (κ1) is 24.3. The largest absolute Gasteiger partial charge is 0.507 e. The molecule has 11 heteroatoms. The number of nitrogens with zero attached hydrogens (tertiary/aromatic N) is 2. The van der Waals surface area contributed by atoms with Crippen LogP contribution in [-0.2, 0) is 21.6 Å². The molecule has 34 heavy (non-hydrogen) atoms. The van der Waals surface area contributed by atoms with Crippen LogP contribution in [-0.4, -0.2) is 58.1 Å². The summed E-state index contributed by atoms with van der Waals surface area (Å²) in [4.78, 5) is 41.2. The zero-order chi connectivity index (χ0) is 24.2. The number of hydrogen-bond donors (Lipinski definition) is 3. The average Bonchev–Trinajstić information content (AvgIpc) is 2.85. The topological polar surface area (TPSA) is 111 Å². The lowest BCUT2D eigenvalue weighted by atomic mass is 10.0. The molecule has 9 nitrogen and oxygen atoms in total. The van der Waals surface area contributed by atoms with Crippen LogP contribution in [0.4, 0.5) is 15.3 Å². The molecule has 1 saturated heterocycles. The number of fused-ring (bicyclic) bond motifs is 1. The molecule has 180 valence electrons. The van der Waals surface area contributed by atoms with Crippen molar-refractivity contribution in [1.82, 2.24) is 15.1 Å². The number of anilines is 1. The second kappa shape index (κ2) is 10.6. The van der Waals surface area contributed by atoms with E-state index in [0.717, 1.165) is 16.8 Å². The number of phenols is 1. The summed E-state index contributed by atoms with van der Waals surface area (Å²) in [5.41, 5.74) is 2.65. The summed E-state index contributed by atoms with van der Waals surface area (Å²) < 4.78 is 5.19. The van der Waals surface area contributed by atoms with Gasteiger partial charge in [-0.05, 0) is 58.1 Å². The van der Waals surface area contributed by atoms with E-state index in [1.165, 1.54) is 6.07 Å². The molecule has 2 aromatic carbocycles. The highest BCUT2D eigenvalue weighted by Crippen LogP contribution is 2.28. The van der Waals surface area contributed by atoms with Gasteiger partial charge in [0.1, 0.15) is 11.8 Å². The van der Waals surface area contributed by atoms with Gasteiger partial charge in [0.15, 0.2) is 16.3 Å². The number of rotatable bonds is 5. The maximum Gasteiger partial charge on any atom is 0.340 e. The second-order valence-electron chi connectivity index (χ2n) is 8.32. The van der Waals surface area contributed by atoms with Crippen molar-refractivity contribution in [3.8, 4) is 5.75 Å². The molecular weight excluding hydrogens is 572 g/mol. The second-order valence-corrected chi connectivity index (χ2v) is 9.50. The molecule has 0 aliphatic carbocycles. The zero-order valence-electron chi connectivity index (χ0n) is 18.2. The van der Waals surface area contributed by atoms with Gasteiger partial charge in [-0.1, -0.05) is 24.3 Å². The summed E-state index contributed by atoms with van der Waals surface area (Å²) in [6.07, 6.45) is 1.47. The highest BCUT2D eigenvalue weighted by molar-refractivity contribution is 9.10. The molecule has 2 aliphatic heterocycles. The van der Waals surface area contributed by atoms with Gasteiger partial charge >= 0.3 is 18.0 Å². The fourth-order valence-electron chi connectivity index (χ4n) is 4.30. The summed E-state index contributed by atoms with van der Waals surface area (Å²) >= 11 is 5.95. The number of para-hydroxylation sites is 1. The Morgan fingerprint density at radius 3 is 2.65 bits per heavy atom. The minimum atomic E-state index is -0.912. The van der Waals surface area contributed by atoms with E-state index in [-0.39, 0.29) is 30.3 Å². The summed E-state index contributed by atoms with van der Waals surface area (Å²) in [6, 6.07) is 11.2. The first-order valence-electron chi connectivity index (χ1n) is 10.9. The number of urea groups is 2. The van der Waals surface area contributed by atoms with E-state index in [1.807, 2.05) is 29.2 Å². The van der Waals surface area contributed by atoms with Crippen molar-refractivity contribution in [2.24, 2.45) is 0 Å². The Hall–Kier alpha value is -2.79. The van der Waals surface area contributed by atoms with E-state index in [9.17, 15) is 19.5 Å². The van der Waals surface area contributed by atoms with Crippen LogP contribution in [0.1, 0.15) is 24.0 Å². The number of carbonyl (C=O) groups excluding carboxylic acids is 3.